The van der Waals surface area contributed by atoms with E-state index in [2.05, 4.69) is 10.9 Å². The van der Waals surface area contributed by atoms with Gasteiger partial charge in [0.15, 0.2) is 11.6 Å². The molecular formula is C14H12N2O4S2. The lowest BCUT2D eigenvalue weighted by molar-refractivity contribution is -0.117. The average Bonchev–Trinajstić information content (AvgIpc) is 3.06. The number of hydrogen-bond acceptors (Lipinski definition) is 6. The molecule has 3 aliphatic rings. The Kier molecular flexibility index (Phi) is 3.73. The molecule has 2 aliphatic heterocycles. The highest BCUT2D eigenvalue weighted by Gasteiger charge is 2.42. The number of carbonyl (C=O) groups is 4. The van der Waals surface area contributed by atoms with Gasteiger partial charge >= 0.3 is 0 Å². The molecule has 0 saturated carbocycles. The molecule has 3 rings (SSSR count). The standard InChI is InChI=1S/C14H12N2O4S2/c1-3-5-6(4-2)9(18)11-10(8(5)17)21-14(22-11)7-12(19)15-16-13(7)20/h3-4H2,1-2H3,(H,15,19)(H,16,20). The van der Waals surface area contributed by atoms with Gasteiger partial charge in [0.25, 0.3) is 11.8 Å². The van der Waals surface area contributed by atoms with E-state index in [1.165, 1.54) is 0 Å². The Morgan fingerprint density at radius 3 is 1.55 bits per heavy atom. The number of carbonyl (C=O) groups excluding carboxylic acids is 4. The van der Waals surface area contributed by atoms with Crippen LogP contribution in [0.4, 0.5) is 0 Å². The lowest BCUT2D eigenvalue weighted by Gasteiger charge is -2.17. The lowest BCUT2D eigenvalue weighted by atomic mass is 9.91. The van der Waals surface area contributed by atoms with E-state index >= 15 is 0 Å². The maximum Gasteiger partial charge on any atom is 0.277 e. The van der Waals surface area contributed by atoms with Gasteiger partial charge in [0.05, 0.1) is 14.0 Å². The van der Waals surface area contributed by atoms with Gasteiger partial charge in [0, 0.05) is 11.1 Å². The minimum absolute atomic E-state index is 0.0407. The largest absolute Gasteiger partial charge is 0.288 e. The number of thioether (sulfide) groups is 2. The highest BCUT2D eigenvalue weighted by molar-refractivity contribution is 8.29. The van der Waals surface area contributed by atoms with Crippen LogP contribution in [0.5, 0.6) is 0 Å². The van der Waals surface area contributed by atoms with E-state index in [1.807, 2.05) is 13.8 Å². The van der Waals surface area contributed by atoms with E-state index in [0.29, 0.717) is 38.0 Å². The highest BCUT2D eigenvalue weighted by atomic mass is 32.2. The molecule has 0 bridgehead atoms. The minimum Gasteiger partial charge on any atom is -0.288 e. The first-order valence-corrected chi connectivity index (χ1v) is 8.39. The first-order chi connectivity index (χ1) is 10.5. The number of rotatable bonds is 2. The Bertz CT molecular complexity index is 688. The summed E-state index contributed by atoms with van der Waals surface area (Å²) in [6.45, 7) is 3.68. The van der Waals surface area contributed by atoms with Crippen LogP contribution in [-0.4, -0.2) is 23.4 Å². The lowest BCUT2D eigenvalue weighted by Crippen LogP contribution is -2.28. The van der Waals surface area contributed by atoms with Crippen molar-refractivity contribution in [1.82, 2.24) is 10.9 Å². The van der Waals surface area contributed by atoms with Crippen LogP contribution < -0.4 is 10.9 Å². The summed E-state index contributed by atoms with van der Waals surface area (Å²) >= 11 is 2.08. The third-order valence-electron chi connectivity index (χ3n) is 3.58. The first-order valence-electron chi connectivity index (χ1n) is 6.75. The molecule has 1 saturated heterocycles. The molecule has 6 nitrogen and oxygen atoms in total. The normalized spacial score (nSPS) is 21.7. The third kappa shape index (κ3) is 2.05. The van der Waals surface area contributed by atoms with Crippen molar-refractivity contribution in [3.63, 3.8) is 0 Å². The van der Waals surface area contributed by atoms with Gasteiger partial charge in [-0.05, 0) is 12.8 Å². The van der Waals surface area contributed by atoms with Crippen LogP contribution in [0.1, 0.15) is 26.7 Å². The van der Waals surface area contributed by atoms with Gasteiger partial charge in [0.2, 0.25) is 0 Å². The van der Waals surface area contributed by atoms with E-state index < -0.39 is 11.8 Å². The number of ketones is 2. The average molecular weight is 336 g/mol. The molecule has 22 heavy (non-hydrogen) atoms. The molecule has 2 heterocycles. The molecule has 1 aliphatic carbocycles. The fraction of sp³-hybridized carbons (Fsp3) is 0.286. The van der Waals surface area contributed by atoms with Crippen LogP contribution in [0.3, 0.4) is 0 Å². The number of hydrazine groups is 1. The molecule has 0 spiro atoms. The van der Waals surface area contributed by atoms with Gasteiger partial charge in [-0.25, -0.2) is 0 Å². The van der Waals surface area contributed by atoms with Gasteiger partial charge in [-0.2, -0.15) is 0 Å². The predicted octanol–water partition coefficient (Wildman–Crippen LogP) is 1.32. The topological polar surface area (TPSA) is 92.3 Å². The number of Topliss-reactive ketones (excluding diaryl/α,β-unsaturated/α-hetero) is 2. The van der Waals surface area contributed by atoms with Crippen molar-refractivity contribution in [3.8, 4) is 0 Å². The second-order valence-corrected chi connectivity index (χ2v) is 7.06. The Labute approximate surface area is 134 Å². The van der Waals surface area contributed by atoms with Crippen molar-refractivity contribution < 1.29 is 19.2 Å². The van der Waals surface area contributed by atoms with Crippen LogP contribution in [0.25, 0.3) is 0 Å². The summed E-state index contributed by atoms with van der Waals surface area (Å²) in [6, 6.07) is 0. The van der Waals surface area contributed by atoms with Gasteiger partial charge < -0.3 is 0 Å². The Morgan fingerprint density at radius 1 is 0.773 bits per heavy atom. The summed E-state index contributed by atoms with van der Waals surface area (Å²) in [5, 5.41) is 0. The third-order valence-corrected chi connectivity index (χ3v) is 6.17. The fourth-order valence-corrected chi connectivity index (χ4v) is 5.19. The van der Waals surface area contributed by atoms with E-state index in [1.54, 1.807) is 0 Å². The van der Waals surface area contributed by atoms with Gasteiger partial charge in [0.1, 0.15) is 5.57 Å². The van der Waals surface area contributed by atoms with Gasteiger partial charge in [-0.3, -0.25) is 30.0 Å². The summed E-state index contributed by atoms with van der Waals surface area (Å²) < 4.78 is 0.381. The van der Waals surface area contributed by atoms with Crippen molar-refractivity contribution in [2.24, 2.45) is 0 Å². The molecule has 0 unspecified atom stereocenters. The van der Waals surface area contributed by atoms with E-state index in [-0.39, 0.29) is 17.1 Å². The molecule has 0 atom stereocenters. The summed E-state index contributed by atoms with van der Waals surface area (Å²) in [5.41, 5.74) is 5.46. The number of nitrogens with one attached hydrogen (secondary N) is 2. The fourth-order valence-electron chi connectivity index (χ4n) is 2.52. The number of allylic oxidation sites excluding steroid dienone is 4. The van der Waals surface area contributed by atoms with Crippen molar-refractivity contribution in [1.29, 1.82) is 0 Å². The Balaban J connectivity index is 2.03. The van der Waals surface area contributed by atoms with Crippen LogP contribution >= 0.6 is 23.5 Å². The van der Waals surface area contributed by atoms with Crippen molar-refractivity contribution in [2.45, 2.75) is 26.7 Å². The number of amides is 2. The Morgan fingerprint density at radius 2 is 1.18 bits per heavy atom. The van der Waals surface area contributed by atoms with Crippen LogP contribution in [0.2, 0.25) is 0 Å². The van der Waals surface area contributed by atoms with Crippen molar-refractivity contribution in [2.75, 3.05) is 0 Å². The van der Waals surface area contributed by atoms with Crippen molar-refractivity contribution >= 4 is 46.9 Å². The summed E-state index contributed by atoms with van der Waals surface area (Å²) in [7, 11) is 0. The summed E-state index contributed by atoms with van der Waals surface area (Å²) in [4.78, 5) is 49.2. The molecule has 0 aromatic rings. The van der Waals surface area contributed by atoms with Gasteiger partial charge in [-0.1, -0.05) is 37.4 Å². The maximum absolute atomic E-state index is 12.6. The molecular weight excluding hydrogens is 324 g/mol. The second kappa shape index (κ2) is 5.44. The van der Waals surface area contributed by atoms with Crippen molar-refractivity contribution in [3.05, 3.63) is 30.8 Å². The highest BCUT2D eigenvalue weighted by Crippen LogP contribution is 2.54. The number of hydrogen-bond donors (Lipinski definition) is 2. The van der Waals surface area contributed by atoms with Crippen LogP contribution in [-0.2, 0) is 19.2 Å². The first kappa shape index (κ1) is 15.1. The second-order valence-electron chi connectivity index (χ2n) is 4.76. The van der Waals surface area contributed by atoms with Crippen LogP contribution in [0.15, 0.2) is 30.8 Å². The zero-order valence-electron chi connectivity index (χ0n) is 11.9. The molecule has 0 aromatic carbocycles. The zero-order valence-corrected chi connectivity index (χ0v) is 13.5. The zero-order chi connectivity index (χ0) is 16.0. The molecule has 0 radical (unpaired) electrons. The maximum atomic E-state index is 12.6. The summed E-state index contributed by atoms with van der Waals surface area (Å²) in [6.07, 6.45) is 0.977. The summed E-state index contributed by atoms with van der Waals surface area (Å²) in [5.74, 6) is -1.42. The molecule has 114 valence electrons. The van der Waals surface area contributed by atoms with E-state index in [0.717, 1.165) is 23.5 Å². The quantitative estimate of drug-likeness (QED) is 0.449. The van der Waals surface area contributed by atoms with E-state index in [9.17, 15) is 19.2 Å². The van der Waals surface area contributed by atoms with Crippen LogP contribution in [0, 0.1) is 0 Å². The smallest absolute Gasteiger partial charge is 0.277 e. The molecule has 8 heteroatoms. The minimum atomic E-state index is -0.542. The monoisotopic (exact) mass is 336 g/mol. The Hall–Kier alpha value is -1.80. The molecule has 2 N–H and O–H groups in total. The SMILES string of the molecule is CCC1=C(CC)C(=O)C2=C(SC(=C3C(=O)NNC3=O)S2)C1=O. The van der Waals surface area contributed by atoms with E-state index in [4.69, 9.17) is 0 Å². The molecule has 1 fully saturated rings. The molecule has 2 amide bonds. The predicted molar refractivity (Wildman–Crippen MR) is 83.1 cm³/mol. The van der Waals surface area contributed by atoms with Gasteiger partial charge in [-0.15, -0.1) is 0 Å². The molecule has 0 aromatic heterocycles.